The molecule has 0 aromatic carbocycles. The van der Waals surface area contributed by atoms with Gasteiger partial charge in [0.25, 0.3) is 0 Å². The van der Waals surface area contributed by atoms with Gasteiger partial charge in [-0.05, 0) is 26.2 Å². The lowest BCUT2D eigenvalue weighted by atomic mass is 10.1. The number of carbonyl (C=O) groups excluding carboxylic acids is 2. The van der Waals surface area contributed by atoms with E-state index in [0.29, 0.717) is 11.7 Å². The summed E-state index contributed by atoms with van der Waals surface area (Å²) in [6.45, 7) is 4.85. The standard InChI is InChI=1S/C17H27N3O2S/c1-3-4-7-10-20(16(22)14-8-5-6-9-14)11-15(21)19-17-18-13(2)12-23-17/h12,14H,3-11H2,1-2H3,(H,18,19,21). The highest BCUT2D eigenvalue weighted by molar-refractivity contribution is 7.13. The van der Waals surface area contributed by atoms with E-state index >= 15 is 0 Å². The maximum absolute atomic E-state index is 12.7. The van der Waals surface area contributed by atoms with Crippen LogP contribution in [0.2, 0.25) is 0 Å². The van der Waals surface area contributed by atoms with Gasteiger partial charge in [-0.25, -0.2) is 4.98 Å². The summed E-state index contributed by atoms with van der Waals surface area (Å²) in [5.74, 6) is 0.123. The van der Waals surface area contributed by atoms with Crippen molar-refractivity contribution < 1.29 is 9.59 Å². The number of rotatable bonds is 8. The van der Waals surface area contributed by atoms with Crippen molar-refractivity contribution in [3.63, 3.8) is 0 Å². The summed E-state index contributed by atoms with van der Waals surface area (Å²) in [4.78, 5) is 30.9. The van der Waals surface area contributed by atoms with Crippen LogP contribution in [0.3, 0.4) is 0 Å². The zero-order valence-corrected chi connectivity index (χ0v) is 15.0. The fraction of sp³-hybridized carbons (Fsp3) is 0.706. The van der Waals surface area contributed by atoms with Gasteiger partial charge in [-0.3, -0.25) is 9.59 Å². The van der Waals surface area contributed by atoms with Gasteiger partial charge in [0.2, 0.25) is 11.8 Å². The summed E-state index contributed by atoms with van der Waals surface area (Å²) in [6.07, 6.45) is 7.34. The van der Waals surface area contributed by atoms with Crippen molar-refractivity contribution in [2.24, 2.45) is 5.92 Å². The molecule has 5 nitrogen and oxygen atoms in total. The lowest BCUT2D eigenvalue weighted by Crippen LogP contribution is -2.41. The number of amides is 2. The summed E-state index contributed by atoms with van der Waals surface area (Å²) in [5, 5.41) is 5.31. The van der Waals surface area contributed by atoms with Gasteiger partial charge in [-0.15, -0.1) is 11.3 Å². The fourth-order valence-corrected chi connectivity index (χ4v) is 3.70. The minimum absolute atomic E-state index is 0.117. The number of anilines is 1. The van der Waals surface area contributed by atoms with Crippen molar-refractivity contribution in [1.82, 2.24) is 9.88 Å². The summed E-state index contributed by atoms with van der Waals surface area (Å²) in [7, 11) is 0. The second-order valence-electron chi connectivity index (χ2n) is 6.29. The van der Waals surface area contributed by atoms with Crippen LogP contribution in [0.15, 0.2) is 5.38 Å². The van der Waals surface area contributed by atoms with Crippen LogP contribution in [0.5, 0.6) is 0 Å². The quantitative estimate of drug-likeness (QED) is 0.737. The van der Waals surface area contributed by atoms with Gasteiger partial charge < -0.3 is 10.2 Å². The van der Waals surface area contributed by atoms with Gasteiger partial charge in [-0.1, -0.05) is 32.6 Å². The average molecular weight is 337 g/mol. The minimum atomic E-state index is -0.151. The molecular formula is C17H27N3O2S. The number of carbonyl (C=O) groups is 2. The first-order valence-electron chi connectivity index (χ1n) is 8.61. The highest BCUT2D eigenvalue weighted by Crippen LogP contribution is 2.26. The smallest absolute Gasteiger partial charge is 0.245 e. The van der Waals surface area contributed by atoms with Crippen molar-refractivity contribution in [2.75, 3.05) is 18.4 Å². The lowest BCUT2D eigenvalue weighted by Gasteiger charge is -2.25. The van der Waals surface area contributed by atoms with Crippen LogP contribution in [0.4, 0.5) is 5.13 Å². The number of nitrogens with zero attached hydrogens (tertiary/aromatic N) is 2. The Morgan fingerprint density at radius 3 is 2.70 bits per heavy atom. The van der Waals surface area contributed by atoms with E-state index in [4.69, 9.17) is 0 Å². The van der Waals surface area contributed by atoms with Crippen LogP contribution in [0, 0.1) is 12.8 Å². The summed E-state index contributed by atoms with van der Waals surface area (Å²) >= 11 is 1.41. The zero-order valence-electron chi connectivity index (χ0n) is 14.1. The Kier molecular flexibility index (Phi) is 7.02. The third-order valence-electron chi connectivity index (χ3n) is 4.25. The summed E-state index contributed by atoms with van der Waals surface area (Å²) in [6, 6.07) is 0. The van der Waals surface area contributed by atoms with E-state index < -0.39 is 0 Å². The highest BCUT2D eigenvalue weighted by atomic mass is 32.1. The Morgan fingerprint density at radius 1 is 1.35 bits per heavy atom. The van der Waals surface area contributed by atoms with Gasteiger partial charge in [0.1, 0.15) is 0 Å². The fourth-order valence-electron chi connectivity index (χ4n) is 2.99. The predicted octanol–water partition coefficient (Wildman–Crippen LogP) is 3.60. The van der Waals surface area contributed by atoms with Crippen molar-refractivity contribution in [1.29, 1.82) is 0 Å². The maximum Gasteiger partial charge on any atom is 0.245 e. The molecular weight excluding hydrogens is 310 g/mol. The molecule has 23 heavy (non-hydrogen) atoms. The van der Waals surface area contributed by atoms with Gasteiger partial charge in [0.05, 0.1) is 12.2 Å². The van der Waals surface area contributed by atoms with E-state index in [0.717, 1.165) is 50.6 Å². The largest absolute Gasteiger partial charge is 0.333 e. The molecule has 0 atom stereocenters. The topological polar surface area (TPSA) is 62.3 Å². The number of unbranched alkanes of at least 4 members (excludes halogenated alkanes) is 2. The first kappa shape index (κ1) is 17.9. The zero-order chi connectivity index (χ0) is 16.7. The number of aryl methyl sites for hydroxylation is 1. The molecule has 0 spiro atoms. The summed E-state index contributed by atoms with van der Waals surface area (Å²) in [5.41, 5.74) is 0.895. The van der Waals surface area contributed by atoms with Gasteiger partial charge in [0, 0.05) is 17.8 Å². The molecule has 6 heteroatoms. The van der Waals surface area contributed by atoms with Crippen molar-refractivity contribution in [2.45, 2.75) is 58.8 Å². The Hall–Kier alpha value is -1.43. The molecule has 0 unspecified atom stereocenters. The van der Waals surface area contributed by atoms with E-state index in [-0.39, 0.29) is 24.3 Å². The van der Waals surface area contributed by atoms with Crippen LogP contribution in [-0.4, -0.2) is 34.8 Å². The van der Waals surface area contributed by atoms with Crippen LogP contribution in [0.1, 0.15) is 57.6 Å². The van der Waals surface area contributed by atoms with Crippen LogP contribution in [-0.2, 0) is 9.59 Å². The predicted molar refractivity (Wildman–Crippen MR) is 93.5 cm³/mol. The van der Waals surface area contributed by atoms with Crippen LogP contribution >= 0.6 is 11.3 Å². The first-order chi connectivity index (χ1) is 11.1. The molecule has 1 heterocycles. The Labute approximate surface area is 142 Å². The molecule has 1 aliphatic rings. The SMILES string of the molecule is CCCCCN(CC(=O)Nc1nc(C)cs1)C(=O)C1CCCC1. The molecule has 0 radical (unpaired) electrons. The van der Waals surface area contributed by atoms with E-state index in [1.165, 1.54) is 11.3 Å². The molecule has 2 rings (SSSR count). The first-order valence-corrected chi connectivity index (χ1v) is 9.49. The number of thiazole rings is 1. The monoisotopic (exact) mass is 337 g/mol. The second kappa shape index (κ2) is 9.01. The molecule has 0 bridgehead atoms. The van der Waals surface area contributed by atoms with Gasteiger partial charge in [0.15, 0.2) is 5.13 Å². The van der Waals surface area contributed by atoms with E-state index in [9.17, 15) is 9.59 Å². The molecule has 1 N–H and O–H groups in total. The van der Waals surface area contributed by atoms with Gasteiger partial charge in [-0.2, -0.15) is 0 Å². The average Bonchev–Trinajstić information content (AvgIpc) is 3.17. The number of nitrogens with one attached hydrogen (secondary N) is 1. The molecule has 1 aliphatic carbocycles. The molecule has 2 amide bonds. The molecule has 0 aliphatic heterocycles. The van der Waals surface area contributed by atoms with Crippen molar-refractivity contribution in [3.05, 3.63) is 11.1 Å². The minimum Gasteiger partial charge on any atom is -0.333 e. The molecule has 128 valence electrons. The van der Waals surface area contributed by atoms with Crippen LogP contribution < -0.4 is 5.32 Å². The second-order valence-corrected chi connectivity index (χ2v) is 7.15. The lowest BCUT2D eigenvalue weighted by molar-refractivity contribution is -0.138. The third-order valence-corrected chi connectivity index (χ3v) is 5.12. The Morgan fingerprint density at radius 2 is 2.09 bits per heavy atom. The van der Waals surface area contributed by atoms with E-state index in [1.54, 1.807) is 4.90 Å². The maximum atomic E-state index is 12.7. The molecule has 0 saturated heterocycles. The number of aromatic nitrogens is 1. The third kappa shape index (κ3) is 5.61. The van der Waals surface area contributed by atoms with Gasteiger partial charge >= 0.3 is 0 Å². The van der Waals surface area contributed by atoms with E-state index in [2.05, 4.69) is 17.2 Å². The van der Waals surface area contributed by atoms with Crippen molar-refractivity contribution in [3.8, 4) is 0 Å². The Bertz CT molecular complexity index is 524. The summed E-state index contributed by atoms with van der Waals surface area (Å²) < 4.78 is 0. The van der Waals surface area contributed by atoms with Crippen LogP contribution in [0.25, 0.3) is 0 Å². The number of hydrogen-bond acceptors (Lipinski definition) is 4. The molecule has 1 saturated carbocycles. The molecule has 1 aromatic heterocycles. The van der Waals surface area contributed by atoms with E-state index in [1.807, 2.05) is 12.3 Å². The Balaban J connectivity index is 1.92. The number of hydrogen-bond donors (Lipinski definition) is 1. The molecule has 1 fully saturated rings. The molecule has 1 aromatic rings. The highest BCUT2D eigenvalue weighted by Gasteiger charge is 2.28. The van der Waals surface area contributed by atoms with Crippen molar-refractivity contribution >= 4 is 28.3 Å². The normalized spacial score (nSPS) is 14.9.